The summed E-state index contributed by atoms with van der Waals surface area (Å²) in [6, 6.07) is 0. The van der Waals surface area contributed by atoms with E-state index >= 15 is 0 Å². The van der Waals surface area contributed by atoms with Crippen molar-refractivity contribution in [3.63, 3.8) is 0 Å². The van der Waals surface area contributed by atoms with Crippen molar-refractivity contribution in [1.29, 1.82) is 0 Å². The van der Waals surface area contributed by atoms with Crippen molar-refractivity contribution < 1.29 is 4.28 Å². The highest BCUT2D eigenvalue weighted by Crippen LogP contribution is 1.81. The summed E-state index contributed by atoms with van der Waals surface area (Å²) in [4.78, 5) is 2.38. The van der Waals surface area contributed by atoms with Gasteiger partial charge in [-0.05, 0) is 19.6 Å². The molecule has 0 bridgehead atoms. The van der Waals surface area contributed by atoms with Gasteiger partial charge in [0.05, 0.1) is 0 Å². The van der Waals surface area contributed by atoms with Crippen LogP contribution in [-0.4, -0.2) is 41.9 Å². The van der Waals surface area contributed by atoms with Crippen LogP contribution in [0.3, 0.4) is 0 Å². The van der Waals surface area contributed by atoms with Crippen molar-refractivity contribution in [3.05, 3.63) is 0 Å². The van der Waals surface area contributed by atoms with Gasteiger partial charge in [0.15, 0.2) is 0 Å². The highest BCUT2D eigenvalue weighted by Gasteiger charge is 1.89. The fourth-order valence-corrected chi connectivity index (χ4v) is 0.671. The standard InChI is InChI=1S/C6H15N.Al.3H2/c1-4-7(5-2)6-3;;;;/h4-6H2,1-3H3;;3*1H. The van der Waals surface area contributed by atoms with E-state index in [4.69, 9.17) is 0 Å². The third kappa shape index (κ3) is 4.65. The summed E-state index contributed by atoms with van der Waals surface area (Å²) in [5, 5.41) is 0. The lowest BCUT2D eigenvalue weighted by Crippen LogP contribution is -2.21. The molecule has 2 heteroatoms. The zero-order valence-electron chi connectivity index (χ0n) is 6.15. The molecule has 0 aromatic carbocycles. The molecule has 0 heterocycles. The molecule has 0 amide bonds. The Kier molecular flexibility index (Phi) is 10.6. The van der Waals surface area contributed by atoms with Crippen LogP contribution < -0.4 is 0 Å². The summed E-state index contributed by atoms with van der Waals surface area (Å²) < 4.78 is 0. The van der Waals surface area contributed by atoms with Gasteiger partial charge in [-0.2, -0.15) is 0 Å². The first kappa shape index (κ1) is 11.3. The third-order valence-electron chi connectivity index (χ3n) is 1.34. The summed E-state index contributed by atoms with van der Waals surface area (Å²) in [7, 11) is 0. The van der Waals surface area contributed by atoms with Crippen molar-refractivity contribution in [2.45, 2.75) is 20.8 Å². The molecular formula is C6H21AlN. The molecule has 0 rings (SSSR count). The average molecular weight is 134 g/mol. The van der Waals surface area contributed by atoms with Gasteiger partial charge in [-0.15, -0.1) is 0 Å². The van der Waals surface area contributed by atoms with Gasteiger partial charge in [-0.3, -0.25) is 0 Å². The zero-order chi connectivity index (χ0) is 5.70. The maximum atomic E-state index is 2.38. The van der Waals surface area contributed by atoms with Gasteiger partial charge in [-0.1, -0.05) is 20.8 Å². The maximum absolute atomic E-state index is 2.38. The Hall–Kier alpha value is 0.492. The van der Waals surface area contributed by atoms with Crippen LogP contribution in [0.4, 0.5) is 0 Å². The molecule has 0 fully saturated rings. The van der Waals surface area contributed by atoms with E-state index in [1.165, 1.54) is 19.6 Å². The van der Waals surface area contributed by atoms with Gasteiger partial charge in [0.1, 0.15) is 0 Å². The van der Waals surface area contributed by atoms with Crippen LogP contribution in [0.2, 0.25) is 0 Å². The van der Waals surface area contributed by atoms with E-state index < -0.39 is 0 Å². The van der Waals surface area contributed by atoms with Crippen molar-refractivity contribution >= 4 is 17.4 Å². The van der Waals surface area contributed by atoms with Gasteiger partial charge >= 0.3 is 0 Å². The molecule has 0 aromatic rings. The largest absolute Gasteiger partial charge is 0.304 e. The molecule has 3 radical (unpaired) electrons. The van der Waals surface area contributed by atoms with E-state index in [0.717, 1.165) is 0 Å². The van der Waals surface area contributed by atoms with E-state index in [2.05, 4.69) is 25.7 Å². The van der Waals surface area contributed by atoms with E-state index in [0.29, 0.717) is 0 Å². The summed E-state index contributed by atoms with van der Waals surface area (Å²) in [6.07, 6.45) is 0. The molecule has 0 spiro atoms. The summed E-state index contributed by atoms with van der Waals surface area (Å²) in [6.45, 7) is 10.1. The van der Waals surface area contributed by atoms with Gasteiger partial charge < -0.3 is 4.90 Å². The molecule has 8 heavy (non-hydrogen) atoms. The number of nitrogens with zero attached hydrogens (tertiary/aromatic N) is 1. The van der Waals surface area contributed by atoms with Crippen molar-refractivity contribution in [2.24, 2.45) is 0 Å². The van der Waals surface area contributed by atoms with Crippen LogP contribution in [0.5, 0.6) is 0 Å². The normalized spacial score (nSPS) is 9.00. The molecule has 0 N–H and O–H groups in total. The minimum Gasteiger partial charge on any atom is -0.304 e. The number of rotatable bonds is 3. The molecular weight excluding hydrogens is 113 g/mol. The molecule has 0 unspecified atom stereocenters. The average Bonchev–Trinajstić information content (AvgIpc) is 1.72. The van der Waals surface area contributed by atoms with E-state index in [1.807, 2.05) is 0 Å². The minimum absolute atomic E-state index is 0. The highest BCUT2D eigenvalue weighted by atomic mass is 27.0. The monoisotopic (exact) mass is 134 g/mol. The molecule has 0 saturated carbocycles. The SMILES string of the molecule is CCN(CC)CC.[Al].[HH].[HH].[HH]. The fraction of sp³-hybridized carbons (Fsp3) is 1.00. The topological polar surface area (TPSA) is 3.24 Å². The molecule has 0 atom stereocenters. The highest BCUT2D eigenvalue weighted by molar-refractivity contribution is 5.75. The van der Waals surface area contributed by atoms with Gasteiger partial charge in [0.25, 0.3) is 0 Å². The van der Waals surface area contributed by atoms with Crippen LogP contribution in [0.15, 0.2) is 0 Å². The Labute approximate surface area is 67.7 Å². The molecule has 53 valence electrons. The lowest BCUT2D eigenvalue weighted by Gasteiger charge is -2.13. The molecule has 0 aliphatic heterocycles. The number of hydrogen-bond acceptors (Lipinski definition) is 1. The minimum atomic E-state index is 0. The van der Waals surface area contributed by atoms with Crippen LogP contribution in [0.25, 0.3) is 0 Å². The summed E-state index contributed by atoms with van der Waals surface area (Å²) in [5.74, 6) is 0. The van der Waals surface area contributed by atoms with Crippen molar-refractivity contribution in [3.8, 4) is 0 Å². The van der Waals surface area contributed by atoms with Crippen LogP contribution >= 0.6 is 0 Å². The Morgan fingerprint density at radius 3 is 1.25 bits per heavy atom. The van der Waals surface area contributed by atoms with Gasteiger partial charge in [0, 0.05) is 21.6 Å². The number of hydrogen-bond donors (Lipinski definition) is 0. The first-order valence-corrected chi connectivity index (χ1v) is 3.07. The first-order chi connectivity index (χ1) is 3.35. The predicted octanol–water partition coefficient (Wildman–Crippen LogP) is 1.71. The lowest BCUT2D eigenvalue weighted by atomic mass is 10.5. The van der Waals surface area contributed by atoms with E-state index in [9.17, 15) is 0 Å². The van der Waals surface area contributed by atoms with Gasteiger partial charge in [0.2, 0.25) is 0 Å². The molecule has 0 aromatic heterocycles. The Balaban J connectivity index is -0.0000000300. The predicted molar refractivity (Wildman–Crippen MR) is 45.6 cm³/mol. The van der Waals surface area contributed by atoms with E-state index in [-0.39, 0.29) is 21.6 Å². The summed E-state index contributed by atoms with van der Waals surface area (Å²) in [5.41, 5.74) is 0. The molecule has 0 aliphatic carbocycles. The van der Waals surface area contributed by atoms with E-state index in [1.54, 1.807) is 0 Å². The van der Waals surface area contributed by atoms with Crippen molar-refractivity contribution in [2.75, 3.05) is 19.6 Å². The Morgan fingerprint density at radius 2 is 1.25 bits per heavy atom. The first-order valence-electron chi connectivity index (χ1n) is 3.07. The lowest BCUT2D eigenvalue weighted by molar-refractivity contribution is 0.321. The maximum Gasteiger partial charge on any atom is 0 e. The Morgan fingerprint density at radius 1 is 1.00 bits per heavy atom. The molecule has 1 nitrogen and oxygen atoms in total. The van der Waals surface area contributed by atoms with Crippen LogP contribution in [0.1, 0.15) is 25.1 Å². The second-order valence-electron chi connectivity index (χ2n) is 1.62. The second-order valence-corrected chi connectivity index (χ2v) is 1.62. The Bertz CT molecular complexity index is 39.3. The summed E-state index contributed by atoms with van der Waals surface area (Å²) >= 11 is 0. The second kappa shape index (κ2) is 7.49. The third-order valence-corrected chi connectivity index (χ3v) is 1.34. The quantitative estimate of drug-likeness (QED) is 0.531. The fourth-order valence-electron chi connectivity index (χ4n) is 0.671. The van der Waals surface area contributed by atoms with Crippen LogP contribution in [-0.2, 0) is 0 Å². The molecule has 0 saturated heterocycles. The van der Waals surface area contributed by atoms with Crippen molar-refractivity contribution in [1.82, 2.24) is 4.90 Å². The molecule has 0 aliphatic rings. The smallest absolute Gasteiger partial charge is 0 e. The zero-order valence-corrected chi connectivity index (χ0v) is 7.30. The van der Waals surface area contributed by atoms with Crippen LogP contribution in [0, 0.1) is 0 Å². The van der Waals surface area contributed by atoms with Gasteiger partial charge in [-0.25, -0.2) is 0 Å².